The van der Waals surface area contributed by atoms with Crippen LogP contribution in [0, 0.1) is 0 Å². The van der Waals surface area contributed by atoms with Gasteiger partial charge in [0.25, 0.3) is 0 Å². The molecule has 0 radical (unpaired) electrons. The molecule has 10 nitrogen and oxygen atoms in total. The second-order valence-corrected chi connectivity index (χ2v) is 6.51. The summed E-state index contributed by atoms with van der Waals surface area (Å²) in [6, 6.07) is 12.4. The van der Waals surface area contributed by atoms with Crippen LogP contribution in [0.4, 0.5) is 34.5 Å². The standard InChI is InChI=1S/C17H16N8O2S/c18-14-9-19-17(22-12-5-4-10-8-20-24-15(10)7-12)23-16(14)21-11-2-1-3-13(6-11)25-28(26)27/h1-9,25H,18H2,(H,20,24)(H,26,27)(H2,19,21,22,23)/p-1. The lowest BCUT2D eigenvalue weighted by molar-refractivity contribution is 0.542. The number of H-pyrrole nitrogens is 1. The summed E-state index contributed by atoms with van der Waals surface area (Å²) in [5, 5.41) is 14.1. The van der Waals surface area contributed by atoms with E-state index in [1.54, 1.807) is 30.5 Å². The Balaban J connectivity index is 1.56. The van der Waals surface area contributed by atoms with E-state index in [-0.39, 0.29) is 0 Å². The van der Waals surface area contributed by atoms with E-state index < -0.39 is 11.3 Å². The lowest BCUT2D eigenvalue weighted by Crippen LogP contribution is -2.05. The molecule has 1 unspecified atom stereocenters. The van der Waals surface area contributed by atoms with Gasteiger partial charge >= 0.3 is 0 Å². The number of benzene rings is 2. The van der Waals surface area contributed by atoms with E-state index in [4.69, 9.17) is 5.73 Å². The van der Waals surface area contributed by atoms with Crippen molar-refractivity contribution >= 4 is 56.7 Å². The molecule has 0 fully saturated rings. The van der Waals surface area contributed by atoms with Crippen molar-refractivity contribution in [2.24, 2.45) is 0 Å². The molecule has 6 N–H and O–H groups in total. The third kappa shape index (κ3) is 4.00. The normalized spacial score (nSPS) is 11.9. The van der Waals surface area contributed by atoms with Gasteiger partial charge in [0.1, 0.15) is 0 Å². The van der Waals surface area contributed by atoms with E-state index in [9.17, 15) is 8.76 Å². The number of hydrogen-bond donors (Lipinski definition) is 5. The molecule has 0 aliphatic rings. The number of anilines is 6. The van der Waals surface area contributed by atoms with Crippen molar-refractivity contribution in [1.29, 1.82) is 0 Å². The first-order valence-electron chi connectivity index (χ1n) is 8.12. The number of nitrogens with zero attached hydrogens (tertiary/aromatic N) is 3. The number of fused-ring (bicyclic) bond motifs is 1. The van der Waals surface area contributed by atoms with Crippen LogP contribution in [0.3, 0.4) is 0 Å². The number of nitrogens with two attached hydrogens (primary N) is 1. The largest absolute Gasteiger partial charge is 0.755 e. The molecule has 11 heteroatoms. The maximum Gasteiger partial charge on any atom is 0.229 e. The predicted octanol–water partition coefficient (Wildman–Crippen LogP) is 2.63. The van der Waals surface area contributed by atoms with Crippen LogP contribution in [0.1, 0.15) is 0 Å². The van der Waals surface area contributed by atoms with E-state index in [1.807, 2.05) is 18.2 Å². The van der Waals surface area contributed by atoms with Crippen LogP contribution in [-0.4, -0.2) is 28.9 Å². The van der Waals surface area contributed by atoms with Gasteiger partial charge in [0, 0.05) is 33.7 Å². The molecule has 0 saturated heterocycles. The zero-order valence-electron chi connectivity index (χ0n) is 14.3. The summed E-state index contributed by atoms with van der Waals surface area (Å²) in [6.45, 7) is 0. The van der Waals surface area contributed by atoms with Crippen molar-refractivity contribution in [2.75, 3.05) is 21.1 Å². The lowest BCUT2D eigenvalue weighted by Gasteiger charge is -2.13. The van der Waals surface area contributed by atoms with E-state index in [0.717, 1.165) is 16.6 Å². The molecular weight excluding hydrogens is 380 g/mol. The molecule has 4 rings (SSSR count). The maximum atomic E-state index is 10.8. The van der Waals surface area contributed by atoms with Gasteiger partial charge < -0.3 is 25.6 Å². The minimum absolute atomic E-state index is 0.348. The second kappa shape index (κ2) is 7.50. The van der Waals surface area contributed by atoms with E-state index in [2.05, 4.69) is 35.5 Å². The molecule has 2 aromatic heterocycles. The number of nitrogen functional groups attached to an aromatic ring is 1. The van der Waals surface area contributed by atoms with Crippen LogP contribution >= 0.6 is 0 Å². The highest BCUT2D eigenvalue weighted by Gasteiger charge is 2.07. The second-order valence-electron chi connectivity index (χ2n) is 5.84. The molecule has 0 aliphatic carbocycles. The minimum atomic E-state index is -2.40. The Hall–Kier alpha value is -3.70. The maximum absolute atomic E-state index is 10.8. The van der Waals surface area contributed by atoms with Crippen LogP contribution in [0.25, 0.3) is 10.9 Å². The van der Waals surface area contributed by atoms with Gasteiger partial charge in [0.15, 0.2) is 5.82 Å². The highest BCUT2D eigenvalue weighted by Crippen LogP contribution is 2.25. The molecule has 0 spiro atoms. The van der Waals surface area contributed by atoms with Crippen molar-refractivity contribution in [3.8, 4) is 0 Å². The Morgan fingerprint density at radius 3 is 2.71 bits per heavy atom. The van der Waals surface area contributed by atoms with Crippen LogP contribution < -0.4 is 21.1 Å². The smallest absolute Gasteiger partial charge is 0.229 e. The average Bonchev–Trinajstić information content (AvgIpc) is 3.12. The Kier molecular flexibility index (Phi) is 4.74. The number of hydrogen-bond acceptors (Lipinski definition) is 8. The average molecular weight is 395 g/mol. The molecule has 0 aliphatic heterocycles. The highest BCUT2D eigenvalue weighted by atomic mass is 32.2. The zero-order chi connectivity index (χ0) is 19.5. The first kappa shape index (κ1) is 17.7. The van der Waals surface area contributed by atoms with Gasteiger partial charge in [-0.2, -0.15) is 10.1 Å². The zero-order valence-corrected chi connectivity index (χ0v) is 15.2. The minimum Gasteiger partial charge on any atom is -0.755 e. The van der Waals surface area contributed by atoms with Gasteiger partial charge in [-0.15, -0.1) is 0 Å². The predicted molar refractivity (Wildman–Crippen MR) is 108 cm³/mol. The van der Waals surface area contributed by atoms with Crippen LogP contribution in [0.5, 0.6) is 0 Å². The molecule has 4 aromatic rings. The van der Waals surface area contributed by atoms with Gasteiger partial charge in [0.05, 0.1) is 23.6 Å². The highest BCUT2D eigenvalue weighted by molar-refractivity contribution is 7.80. The molecule has 0 saturated carbocycles. The van der Waals surface area contributed by atoms with Gasteiger partial charge in [0.2, 0.25) is 5.95 Å². The molecule has 142 valence electrons. The van der Waals surface area contributed by atoms with Gasteiger partial charge in [-0.3, -0.25) is 9.31 Å². The quantitative estimate of drug-likeness (QED) is 0.312. The summed E-state index contributed by atoms with van der Waals surface area (Å²) >= 11 is -2.40. The van der Waals surface area contributed by atoms with Crippen molar-refractivity contribution in [3.63, 3.8) is 0 Å². The number of aromatic amines is 1. The van der Waals surface area contributed by atoms with Gasteiger partial charge in [-0.25, -0.2) is 4.98 Å². The van der Waals surface area contributed by atoms with Gasteiger partial charge in [-0.05, 0) is 36.4 Å². The van der Waals surface area contributed by atoms with Crippen molar-refractivity contribution in [3.05, 3.63) is 54.9 Å². The third-order valence-electron chi connectivity index (χ3n) is 3.84. The molecule has 2 heterocycles. The summed E-state index contributed by atoms with van der Waals surface area (Å²) in [5.74, 6) is 0.742. The molecule has 1 atom stereocenters. The van der Waals surface area contributed by atoms with Crippen LogP contribution in [-0.2, 0) is 11.3 Å². The van der Waals surface area contributed by atoms with Crippen LogP contribution in [0.15, 0.2) is 54.9 Å². The first-order chi connectivity index (χ1) is 13.6. The number of rotatable bonds is 6. The summed E-state index contributed by atoms with van der Waals surface area (Å²) in [7, 11) is 0. The Labute approximate surface area is 162 Å². The van der Waals surface area contributed by atoms with Gasteiger partial charge in [-0.1, -0.05) is 6.07 Å². The number of aromatic nitrogens is 4. The molecule has 0 bridgehead atoms. The van der Waals surface area contributed by atoms with E-state index >= 15 is 0 Å². The lowest BCUT2D eigenvalue weighted by atomic mass is 10.2. The first-order valence-corrected chi connectivity index (χ1v) is 9.20. The molecular formula is C17H15N8O2S-. The van der Waals surface area contributed by atoms with Crippen molar-refractivity contribution in [1.82, 2.24) is 20.2 Å². The summed E-state index contributed by atoms with van der Waals surface area (Å²) < 4.78 is 23.9. The van der Waals surface area contributed by atoms with E-state index in [1.165, 1.54) is 6.20 Å². The SMILES string of the molecule is Nc1cnc(Nc2ccc3cn[nH]c3c2)nc1Nc1cccc(NS(=O)[O-])c1. The van der Waals surface area contributed by atoms with Crippen LogP contribution in [0.2, 0.25) is 0 Å². The fourth-order valence-corrected chi connectivity index (χ4v) is 2.91. The molecule has 2 aromatic carbocycles. The molecule has 28 heavy (non-hydrogen) atoms. The van der Waals surface area contributed by atoms with Crippen molar-refractivity contribution in [2.45, 2.75) is 0 Å². The monoisotopic (exact) mass is 395 g/mol. The fourth-order valence-electron chi connectivity index (χ4n) is 2.59. The summed E-state index contributed by atoms with van der Waals surface area (Å²) in [5.41, 5.74) is 9.02. The van der Waals surface area contributed by atoms with E-state index in [0.29, 0.717) is 28.8 Å². The summed E-state index contributed by atoms with van der Waals surface area (Å²) in [4.78, 5) is 8.59. The fraction of sp³-hybridized carbons (Fsp3) is 0. The number of nitrogens with one attached hydrogen (secondary N) is 4. The Morgan fingerprint density at radius 1 is 1.04 bits per heavy atom. The van der Waals surface area contributed by atoms with Crippen molar-refractivity contribution < 1.29 is 8.76 Å². The third-order valence-corrected chi connectivity index (χ3v) is 4.24. The topological polar surface area (TPSA) is 157 Å². The summed E-state index contributed by atoms with van der Waals surface area (Å²) in [6.07, 6.45) is 3.23. The molecule has 0 amide bonds. The Bertz CT molecular complexity index is 1160. The Morgan fingerprint density at radius 2 is 1.86 bits per heavy atom.